The van der Waals surface area contributed by atoms with Crippen LogP contribution in [0.3, 0.4) is 0 Å². The summed E-state index contributed by atoms with van der Waals surface area (Å²) in [5.74, 6) is -2.91. The molecule has 8 atom stereocenters. The van der Waals surface area contributed by atoms with Crippen molar-refractivity contribution in [1.29, 1.82) is 0 Å². The first-order valence-corrected chi connectivity index (χ1v) is 22.0. The van der Waals surface area contributed by atoms with E-state index in [2.05, 4.69) is 35.9 Å². The summed E-state index contributed by atoms with van der Waals surface area (Å²) in [6.45, 7) is 13.2. The van der Waals surface area contributed by atoms with Crippen LogP contribution in [0, 0.1) is 11.8 Å². The van der Waals surface area contributed by atoms with Crippen LogP contribution < -0.4 is 10.6 Å². The summed E-state index contributed by atoms with van der Waals surface area (Å²) in [6, 6.07) is 0. The minimum absolute atomic E-state index is 0.106. The number of fused-ring (bicyclic) bond motifs is 6. The summed E-state index contributed by atoms with van der Waals surface area (Å²) in [4.78, 5) is 73.6. The van der Waals surface area contributed by atoms with Crippen LogP contribution in [0.1, 0.15) is 110 Å². The zero-order valence-corrected chi connectivity index (χ0v) is 35.7. The minimum Gasteiger partial charge on any atom is -0.458 e. The molecule has 0 aromatic heterocycles. The molecular weight excluding hydrogens is 785 g/mol. The Labute approximate surface area is 358 Å². The molecule has 14 nitrogen and oxygen atoms in total. The molecule has 6 rings (SSSR count). The maximum atomic E-state index is 12.4. The molecule has 0 spiro atoms. The minimum atomic E-state index is -0.599. The van der Waals surface area contributed by atoms with Gasteiger partial charge < -0.3 is 39.1 Å². The van der Waals surface area contributed by atoms with Crippen molar-refractivity contribution in [2.45, 2.75) is 146 Å². The lowest BCUT2D eigenvalue weighted by Crippen LogP contribution is -2.29. The number of ether oxygens (including phenoxy) is 6. The van der Waals surface area contributed by atoms with Crippen LogP contribution in [0.25, 0.3) is 0 Å². The molecule has 0 aromatic rings. The summed E-state index contributed by atoms with van der Waals surface area (Å²) in [5.41, 5.74) is 2.16. The molecule has 0 bridgehead atoms. The Bertz CT molecular complexity index is 1720. The number of nitrogens with one attached hydrogen (secondary N) is 2. The van der Waals surface area contributed by atoms with Crippen LogP contribution in [0.2, 0.25) is 0 Å². The van der Waals surface area contributed by atoms with Gasteiger partial charge in [-0.1, -0.05) is 57.4 Å². The van der Waals surface area contributed by atoms with Crippen LogP contribution in [0.4, 0.5) is 0 Å². The van der Waals surface area contributed by atoms with Crippen molar-refractivity contribution in [2.75, 3.05) is 26.3 Å². The molecule has 6 aliphatic rings. The topological polar surface area (TPSA) is 188 Å². The van der Waals surface area contributed by atoms with E-state index in [4.69, 9.17) is 28.4 Å². The lowest BCUT2D eigenvalue weighted by molar-refractivity contribution is -0.140. The van der Waals surface area contributed by atoms with Crippen molar-refractivity contribution in [3.8, 4) is 0 Å². The van der Waals surface area contributed by atoms with Crippen LogP contribution >= 0.6 is 0 Å². The van der Waals surface area contributed by atoms with Crippen molar-refractivity contribution in [2.24, 2.45) is 11.8 Å². The van der Waals surface area contributed by atoms with Crippen LogP contribution in [0.15, 0.2) is 71.9 Å². The largest absolute Gasteiger partial charge is 0.458 e. The van der Waals surface area contributed by atoms with Crippen LogP contribution in [0.5, 0.6) is 0 Å². The second-order valence-electron chi connectivity index (χ2n) is 17.5. The first-order chi connectivity index (χ1) is 29.3. The Hall–Kier alpha value is -4.82. The van der Waals surface area contributed by atoms with E-state index in [0.717, 1.165) is 93.9 Å². The zero-order chi connectivity index (χ0) is 43.6. The lowest BCUT2D eigenvalue weighted by Gasteiger charge is -2.20. The van der Waals surface area contributed by atoms with Crippen molar-refractivity contribution in [3.05, 3.63) is 71.9 Å². The number of epoxide rings is 2. The Morgan fingerprint density at radius 3 is 1.46 bits per heavy atom. The molecule has 0 aromatic carbocycles. The fourth-order valence-electron chi connectivity index (χ4n) is 8.89. The van der Waals surface area contributed by atoms with Crippen molar-refractivity contribution < 1.29 is 57.2 Å². The average molecular weight is 847 g/mol. The van der Waals surface area contributed by atoms with Crippen LogP contribution in [-0.2, 0) is 57.2 Å². The predicted molar refractivity (Wildman–Crippen MR) is 223 cm³/mol. The molecule has 2 N–H and O–H groups in total. The lowest BCUT2D eigenvalue weighted by atomic mass is 9.84. The number of allylic oxidation sites excluding steroid dienone is 2. The third-order valence-corrected chi connectivity index (χ3v) is 12.9. The number of rotatable bonds is 18. The highest BCUT2D eigenvalue weighted by molar-refractivity contribution is 5.95. The second-order valence-corrected chi connectivity index (χ2v) is 17.5. The number of amides is 2. The number of hydrogen-bond acceptors (Lipinski definition) is 12. The summed E-state index contributed by atoms with van der Waals surface area (Å²) in [5, 5.41) is 5.60. The summed E-state index contributed by atoms with van der Waals surface area (Å²) >= 11 is 0. The monoisotopic (exact) mass is 846 g/mol. The molecule has 4 heterocycles. The summed E-state index contributed by atoms with van der Waals surface area (Å²) in [6.07, 6.45) is 20.2. The highest BCUT2D eigenvalue weighted by Gasteiger charge is 2.62. The van der Waals surface area contributed by atoms with E-state index >= 15 is 0 Å². The fourth-order valence-corrected chi connectivity index (χ4v) is 8.89. The normalized spacial score (nSPS) is 32.4. The third-order valence-electron chi connectivity index (χ3n) is 12.9. The fraction of sp³-hybridized carbons (Fsp3) is 0.617. The molecule has 0 radical (unpaired) electrons. The average Bonchev–Trinajstić information content (AvgIpc) is 4.05. The number of carbonyl (C=O) groups is 6. The van der Waals surface area contributed by atoms with Gasteiger partial charge in [-0.2, -0.15) is 0 Å². The van der Waals surface area contributed by atoms with Gasteiger partial charge in [0.05, 0.1) is 11.2 Å². The molecule has 2 amide bonds. The van der Waals surface area contributed by atoms with E-state index in [1.807, 2.05) is 13.8 Å². The van der Waals surface area contributed by atoms with Gasteiger partial charge in [-0.05, 0) is 89.2 Å². The van der Waals surface area contributed by atoms with Gasteiger partial charge in [0.25, 0.3) is 0 Å². The first kappa shape index (κ1) is 45.7. The van der Waals surface area contributed by atoms with Crippen molar-refractivity contribution >= 4 is 35.7 Å². The molecule has 0 saturated carbocycles. The van der Waals surface area contributed by atoms with E-state index in [-0.39, 0.29) is 84.4 Å². The van der Waals surface area contributed by atoms with Gasteiger partial charge in [0.15, 0.2) is 0 Å². The van der Waals surface area contributed by atoms with Gasteiger partial charge in [-0.25, -0.2) is 19.2 Å². The number of esters is 4. The van der Waals surface area contributed by atoms with E-state index in [1.165, 1.54) is 12.2 Å². The molecule has 4 fully saturated rings. The van der Waals surface area contributed by atoms with E-state index in [0.29, 0.717) is 49.9 Å². The molecule has 14 heteroatoms. The van der Waals surface area contributed by atoms with E-state index < -0.39 is 11.9 Å². The number of hydrogen-bond donors (Lipinski definition) is 2. The Morgan fingerprint density at radius 2 is 1.05 bits per heavy atom. The molecule has 4 aliphatic heterocycles. The quantitative estimate of drug-likeness (QED) is 0.0431. The molecule has 0 unspecified atom stereocenters. The van der Waals surface area contributed by atoms with E-state index in [1.54, 1.807) is 0 Å². The highest BCUT2D eigenvalue weighted by atomic mass is 16.7. The Balaban J connectivity index is 0.750. The number of carbonyl (C=O) groups excluding carboxylic acids is 6. The third kappa shape index (κ3) is 12.6. The molecular formula is C47H62N2O12. The highest BCUT2D eigenvalue weighted by Crippen LogP contribution is 2.51. The molecule has 61 heavy (non-hydrogen) atoms. The molecule has 2 aliphatic carbocycles. The Kier molecular flexibility index (Phi) is 15.6. The van der Waals surface area contributed by atoms with Gasteiger partial charge >= 0.3 is 23.9 Å². The maximum absolute atomic E-state index is 12.4. The molecule has 332 valence electrons. The van der Waals surface area contributed by atoms with Gasteiger partial charge in [0, 0.05) is 60.4 Å². The van der Waals surface area contributed by atoms with Crippen molar-refractivity contribution in [3.63, 3.8) is 0 Å². The number of unbranched alkanes of at least 4 members (excludes halogenated alkanes) is 6. The first-order valence-electron chi connectivity index (χ1n) is 22.0. The second kappa shape index (κ2) is 20.8. The van der Waals surface area contributed by atoms with Crippen molar-refractivity contribution in [1.82, 2.24) is 10.6 Å². The summed E-state index contributed by atoms with van der Waals surface area (Å²) < 4.78 is 33.9. The van der Waals surface area contributed by atoms with Gasteiger partial charge in [-0.3, -0.25) is 9.59 Å². The summed E-state index contributed by atoms with van der Waals surface area (Å²) in [7, 11) is 0. The Morgan fingerprint density at radius 1 is 0.656 bits per heavy atom. The SMILES string of the molecule is C=C1C(=O)O[C@H]2[C@H]1CC/C(COC(=O)/C=C/C(=O)NCCCCCCCCCNC(=O)/C=C/C(=O)OC/C1=C/CC[C@@]3(C)O[C@H]3[C@H]3OC(=O)C(=C)[C@@H]3CC1)=C\CC[C@@]1(C)O[C@@H]21. The maximum Gasteiger partial charge on any atom is 0.334 e. The van der Waals surface area contributed by atoms with E-state index in [9.17, 15) is 28.8 Å². The molecule has 4 saturated heterocycles. The predicted octanol–water partition coefficient (Wildman–Crippen LogP) is 5.66. The van der Waals surface area contributed by atoms with Gasteiger partial charge in [0.1, 0.15) is 37.6 Å². The standard InChI is InChI=1S/C47H62N2O12/c1-30-34-18-16-32(14-12-24-46(3)42(60-46)40(34)58-44(30)54)28-56-38(52)22-20-36(50)48-26-10-8-6-5-7-9-11-27-49-37(51)21-23-39(53)57-29-33-15-13-25-47(4)43(61-47)41-35(19-17-33)31(2)45(55)59-41/h14-15,20-23,34-35,40-43H,1-2,5-13,16-19,24-29H2,3-4H3,(H,48,50)(H,49,51)/b22-20+,23-21+,32-14+,33-15+/t34-,35-,40-,41-,42-,43-,46+,47+/m0/s1. The van der Waals surface area contributed by atoms with Gasteiger partial charge in [0.2, 0.25) is 11.8 Å². The van der Waals surface area contributed by atoms with Crippen LogP contribution in [-0.4, -0.2) is 97.6 Å². The zero-order valence-electron chi connectivity index (χ0n) is 35.7. The smallest absolute Gasteiger partial charge is 0.334 e. The van der Waals surface area contributed by atoms with Gasteiger partial charge in [-0.15, -0.1) is 0 Å².